The van der Waals surface area contributed by atoms with Gasteiger partial charge in [0.25, 0.3) is 5.69 Å². The summed E-state index contributed by atoms with van der Waals surface area (Å²) < 4.78 is 5.10. The fourth-order valence-electron chi connectivity index (χ4n) is 1.40. The maximum atomic E-state index is 10.7. The molecule has 0 aliphatic carbocycles. The smallest absolute Gasteiger partial charge is 0.276 e. The van der Waals surface area contributed by atoms with Crippen LogP contribution in [-0.2, 0) is 0 Å². The monoisotopic (exact) mass is 216 g/mol. The van der Waals surface area contributed by atoms with Crippen molar-refractivity contribution in [3.63, 3.8) is 0 Å². The highest BCUT2D eigenvalue weighted by Gasteiger charge is 2.13. The SMILES string of the molecule is C=Cc1cc(-c2cnco2)ccc1[N+](=O)[O-]. The molecule has 0 fully saturated rings. The highest BCUT2D eigenvalue weighted by Crippen LogP contribution is 2.26. The molecule has 0 unspecified atom stereocenters. The molecule has 2 aromatic rings. The van der Waals surface area contributed by atoms with Crippen LogP contribution in [0.2, 0.25) is 0 Å². The minimum Gasteiger partial charge on any atom is -0.444 e. The van der Waals surface area contributed by atoms with Crippen molar-refractivity contribution in [2.75, 3.05) is 0 Å². The van der Waals surface area contributed by atoms with Crippen LogP contribution in [0.15, 0.2) is 41.8 Å². The molecule has 1 aromatic carbocycles. The molecule has 5 nitrogen and oxygen atoms in total. The molecule has 0 spiro atoms. The molecule has 5 heteroatoms. The van der Waals surface area contributed by atoms with E-state index in [1.54, 1.807) is 18.3 Å². The van der Waals surface area contributed by atoms with E-state index in [0.717, 1.165) is 5.56 Å². The van der Waals surface area contributed by atoms with Gasteiger partial charge < -0.3 is 4.42 Å². The third-order valence-electron chi connectivity index (χ3n) is 2.16. The summed E-state index contributed by atoms with van der Waals surface area (Å²) in [6.45, 7) is 3.55. The number of nitro benzene ring substituents is 1. The van der Waals surface area contributed by atoms with E-state index < -0.39 is 4.92 Å². The topological polar surface area (TPSA) is 69.2 Å². The summed E-state index contributed by atoms with van der Waals surface area (Å²) in [5.41, 5.74) is 1.22. The second-order valence-corrected chi connectivity index (χ2v) is 3.10. The van der Waals surface area contributed by atoms with Crippen molar-refractivity contribution < 1.29 is 9.34 Å². The van der Waals surface area contributed by atoms with E-state index in [-0.39, 0.29) is 5.69 Å². The molecule has 0 aliphatic heterocycles. The van der Waals surface area contributed by atoms with Crippen LogP contribution in [0.25, 0.3) is 17.4 Å². The number of rotatable bonds is 3. The van der Waals surface area contributed by atoms with Gasteiger partial charge in [0.2, 0.25) is 0 Å². The predicted molar refractivity (Wildman–Crippen MR) is 58.7 cm³/mol. The normalized spacial score (nSPS) is 10.0. The number of hydrogen-bond acceptors (Lipinski definition) is 4. The van der Waals surface area contributed by atoms with Crippen LogP contribution in [-0.4, -0.2) is 9.91 Å². The van der Waals surface area contributed by atoms with E-state index in [1.807, 2.05) is 0 Å². The first-order valence-electron chi connectivity index (χ1n) is 4.52. The predicted octanol–water partition coefficient (Wildman–Crippen LogP) is 2.89. The van der Waals surface area contributed by atoms with E-state index in [9.17, 15) is 10.1 Å². The van der Waals surface area contributed by atoms with Gasteiger partial charge in [-0.15, -0.1) is 0 Å². The molecule has 0 aliphatic rings. The fraction of sp³-hybridized carbons (Fsp3) is 0. The summed E-state index contributed by atoms with van der Waals surface area (Å²) in [7, 11) is 0. The number of benzene rings is 1. The maximum absolute atomic E-state index is 10.7. The Hall–Kier alpha value is -2.43. The number of oxazole rings is 1. The third-order valence-corrected chi connectivity index (χ3v) is 2.16. The van der Waals surface area contributed by atoms with Gasteiger partial charge >= 0.3 is 0 Å². The van der Waals surface area contributed by atoms with Crippen LogP contribution in [0.1, 0.15) is 5.56 Å². The van der Waals surface area contributed by atoms with Crippen LogP contribution < -0.4 is 0 Å². The van der Waals surface area contributed by atoms with Gasteiger partial charge in [0, 0.05) is 11.6 Å². The molecule has 0 radical (unpaired) electrons. The Morgan fingerprint density at radius 3 is 2.88 bits per heavy atom. The summed E-state index contributed by atoms with van der Waals surface area (Å²) in [4.78, 5) is 14.0. The molecule has 0 saturated heterocycles. The zero-order valence-electron chi connectivity index (χ0n) is 8.29. The Kier molecular flexibility index (Phi) is 2.51. The van der Waals surface area contributed by atoms with E-state index in [1.165, 1.54) is 18.5 Å². The van der Waals surface area contributed by atoms with Crippen LogP contribution in [0.5, 0.6) is 0 Å². The van der Waals surface area contributed by atoms with E-state index >= 15 is 0 Å². The summed E-state index contributed by atoms with van der Waals surface area (Å²) in [6, 6.07) is 4.69. The van der Waals surface area contributed by atoms with Crippen molar-refractivity contribution in [1.29, 1.82) is 0 Å². The van der Waals surface area contributed by atoms with Crippen molar-refractivity contribution in [1.82, 2.24) is 4.98 Å². The second kappa shape index (κ2) is 3.98. The lowest BCUT2D eigenvalue weighted by molar-refractivity contribution is -0.385. The molecule has 1 heterocycles. The van der Waals surface area contributed by atoms with Crippen molar-refractivity contribution in [3.05, 3.63) is 53.0 Å². The van der Waals surface area contributed by atoms with E-state index in [4.69, 9.17) is 4.42 Å². The lowest BCUT2D eigenvalue weighted by Gasteiger charge is -2.00. The number of aromatic nitrogens is 1. The molecule has 1 aromatic heterocycles. The molecule has 0 bridgehead atoms. The van der Waals surface area contributed by atoms with Crippen LogP contribution in [0, 0.1) is 10.1 Å². The lowest BCUT2D eigenvalue weighted by Crippen LogP contribution is -1.91. The first-order valence-corrected chi connectivity index (χ1v) is 4.52. The highest BCUT2D eigenvalue weighted by molar-refractivity contribution is 5.68. The van der Waals surface area contributed by atoms with Crippen molar-refractivity contribution >= 4 is 11.8 Å². The Morgan fingerprint density at radius 2 is 2.31 bits per heavy atom. The van der Waals surface area contributed by atoms with E-state index in [0.29, 0.717) is 11.3 Å². The maximum Gasteiger partial charge on any atom is 0.276 e. The van der Waals surface area contributed by atoms with Gasteiger partial charge in [0.05, 0.1) is 16.7 Å². The summed E-state index contributed by atoms with van der Waals surface area (Å²) >= 11 is 0. The minimum absolute atomic E-state index is 0.0262. The van der Waals surface area contributed by atoms with Crippen molar-refractivity contribution in [2.45, 2.75) is 0 Å². The highest BCUT2D eigenvalue weighted by atomic mass is 16.6. The largest absolute Gasteiger partial charge is 0.444 e. The molecule has 0 amide bonds. The Balaban J connectivity index is 2.53. The van der Waals surface area contributed by atoms with Gasteiger partial charge in [-0.05, 0) is 12.1 Å². The first kappa shape index (κ1) is 10.1. The van der Waals surface area contributed by atoms with Gasteiger partial charge in [-0.2, -0.15) is 0 Å². The zero-order valence-corrected chi connectivity index (χ0v) is 8.29. The minimum atomic E-state index is -0.443. The average Bonchev–Trinajstić information content (AvgIpc) is 2.81. The van der Waals surface area contributed by atoms with Gasteiger partial charge in [-0.25, -0.2) is 4.98 Å². The van der Waals surface area contributed by atoms with Crippen LogP contribution in [0.4, 0.5) is 5.69 Å². The molecule has 2 rings (SSSR count). The number of nitro groups is 1. The lowest BCUT2D eigenvalue weighted by atomic mass is 10.1. The average molecular weight is 216 g/mol. The van der Waals surface area contributed by atoms with E-state index in [2.05, 4.69) is 11.6 Å². The van der Waals surface area contributed by atoms with Crippen molar-refractivity contribution in [3.8, 4) is 11.3 Å². The van der Waals surface area contributed by atoms with Gasteiger partial charge in [-0.3, -0.25) is 10.1 Å². The van der Waals surface area contributed by atoms with Gasteiger partial charge in [-0.1, -0.05) is 12.7 Å². The molecule has 0 atom stereocenters. The summed E-state index contributed by atoms with van der Waals surface area (Å²) in [6.07, 6.45) is 4.30. The third kappa shape index (κ3) is 1.70. The number of nitrogens with zero attached hydrogens (tertiary/aromatic N) is 2. The molecule has 16 heavy (non-hydrogen) atoms. The quantitative estimate of drug-likeness (QED) is 0.584. The summed E-state index contributed by atoms with van der Waals surface area (Å²) in [5.74, 6) is 0.568. The Morgan fingerprint density at radius 1 is 1.50 bits per heavy atom. The Bertz CT molecular complexity index is 532. The first-order chi connectivity index (χ1) is 7.72. The fourth-order valence-corrected chi connectivity index (χ4v) is 1.40. The van der Waals surface area contributed by atoms with Gasteiger partial charge in [0.15, 0.2) is 12.2 Å². The number of hydrogen-bond donors (Lipinski definition) is 0. The standard InChI is InChI=1S/C11H8N2O3/c1-2-8-5-9(11-6-12-7-16-11)3-4-10(8)13(14)15/h2-7H,1H2. The second-order valence-electron chi connectivity index (χ2n) is 3.10. The van der Waals surface area contributed by atoms with Gasteiger partial charge in [0.1, 0.15) is 0 Å². The zero-order chi connectivity index (χ0) is 11.5. The van der Waals surface area contributed by atoms with Crippen LogP contribution in [0.3, 0.4) is 0 Å². The summed E-state index contributed by atoms with van der Waals surface area (Å²) in [5, 5.41) is 10.7. The molecule has 80 valence electrons. The molecule has 0 saturated carbocycles. The molecule has 0 N–H and O–H groups in total. The van der Waals surface area contributed by atoms with Crippen molar-refractivity contribution in [2.24, 2.45) is 0 Å². The van der Waals surface area contributed by atoms with Crippen LogP contribution >= 0.6 is 0 Å². The Labute approximate surface area is 91.2 Å². The molecular formula is C11H8N2O3. The molecular weight excluding hydrogens is 208 g/mol.